The van der Waals surface area contributed by atoms with E-state index < -0.39 is 0 Å². The van der Waals surface area contributed by atoms with Crippen molar-refractivity contribution in [1.82, 2.24) is 5.32 Å². The average Bonchev–Trinajstić information content (AvgIpc) is 2.75. The molecule has 2 aromatic rings. The lowest BCUT2D eigenvalue weighted by Crippen LogP contribution is -2.47. The Morgan fingerprint density at radius 3 is 3.00 bits per heavy atom. The fourth-order valence-corrected chi connectivity index (χ4v) is 2.27. The zero-order valence-electron chi connectivity index (χ0n) is 10.5. The van der Waals surface area contributed by atoms with Crippen LogP contribution in [0, 0.1) is 6.92 Å². The second-order valence-electron chi connectivity index (χ2n) is 4.80. The SMILES string of the molecule is Cc1ccc2c(NC3CCC(=O)NC3=O)coc2c1. The number of furan rings is 1. The van der Waals surface area contributed by atoms with Gasteiger partial charge in [-0.25, -0.2) is 0 Å². The maximum atomic E-state index is 11.7. The highest BCUT2D eigenvalue weighted by molar-refractivity contribution is 6.02. The van der Waals surface area contributed by atoms with Gasteiger partial charge in [-0.3, -0.25) is 14.9 Å². The Morgan fingerprint density at radius 1 is 1.37 bits per heavy atom. The molecule has 19 heavy (non-hydrogen) atoms. The number of carbonyl (C=O) groups is 2. The van der Waals surface area contributed by atoms with Crippen molar-refractivity contribution in [2.75, 3.05) is 5.32 Å². The summed E-state index contributed by atoms with van der Waals surface area (Å²) in [5, 5.41) is 6.40. The zero-order chi connectivity index (χ0) is 13.4. The third kappa shape index (κ3) is 2.19. The van der Waals surface area contributed by atoms with Crippen molar-refractivity contribution in [3.05, 3.63) is 30.0 Å². The molecule has 1 aliphatic rings. The molecular weight excluding hydrogens is 244 g/mol. The maximum Gasteiger partial charge on any atom is 0.249 e. The molecule has 2 N–H and O–H groups in total. The molecule has 2 amide bonds. The van der Waals surface area contributed by atoms with Crippen molar-refractivity contribution in [3.63, 3.8) is 0 Å². The highest BCUT2D eigenvalue weighted by Gasteiger charge is 2.27. The van der Waals surface area contributed by atoms with Crippen molar-refractivity contribution in [3.8, 4) is 0 Å². The molecule has 1 atom stereocenters. The van der Waals surface area contributed by atoms with E-state index in [0.717, 1.165) is 22.2 Å². The fourth-order valence-electron chi connectivity index (χ4n) is 2.27. The molecule has 1 aromatic heterocycles. The summed E-state index contributed by atoms with van der Waals surface area (Å²) >= 11 is 0. The van der Waals surface area contributed by atoms with Gasteiger partial charge in [0.2, 0.25) is 11.8 Å². The van der Waals surface area contributed by atoms with Crippen LogP contribution in [0.4, 0.5) is 5.69 Å². The van der Waals surface area contributed by atoms with Crippen molar-refractivity contribution < 1.29 is 14.0 Å². The number of piperidine rings is 1. The van der Waals surface area contributed by atoms with Crippen LogP contribution in [-0.4, -0.2) is 17.9 Å². The normalized spacial score (nSPS) is 19.5. The van der Waals surface area contributed by atoms with Gasteiger partial charge in [-0.15, -0.1) is 0 Å². The summed E-state index contributed by atoms with van der Waals surface area (Å²) in [5.74, 6) is -0.492. The Labute approximate surface area is 110 Å². The molecule has 0 aliphatic carbocycles. The van der Waals surface area contributed by atoms with Crippen molar-refractivity contribution in [2.24, 2.45) is 0 Å². The number of amides is 2. The fraction of sp³-hybridized carbons (Fsp3) is 0.286. The van der Waals surface area contributed by atoms with Crippen LogP contribution in [-0.2, 0) is 9.59 Å². The summed E-state index contributed by atoms with van der Waals surface area (Å²) in [7, 11) is 0. The third-order valence-electron chi connectivity index (χ3n) is 3.30. The van der Waals surface area contributed by atoms with Gasteiger partial charge in [0.1, 0.15) is 17.9 Å². The first-order valence-corrected chi connectivity index (χ1v) is 6.21. The Kier molecular flexibility index (Phi) is 2.74. The van der Waals surface area contributed by atoms with Crippen molar-refractivity contribution >= 4 is 28.5 Å². The third-order valence-corrected chi connectivity index (χ3v) is 3.30. The number of carbonyl (C=O) groups excluding carboxylic acids is 2. The van der Waals surface area contributed by atoms with Crippen LogP contribution in [0.5, 0.6) is 0 Å². The zero-order valence-corrected chi connectivity index (χ0v) is 10.5. The van der Waals surface area contributed by atoms with Crippen LogP contribution in [0.3, 0.4) is 0 Å². The number of benzene rings is 1. The molecule has 5 nitrogen and oxygen atoms in total. The van der Waals surface area contributed by atoms with Gasteiger partial charge in [0, 0.05) is 11.8 Å². The van der Waals surface area contributed by atoms with E-state index in [4.69, 9.17) is 4.42 Å². The van der Waals surface area contributed by atoms with E-state index in [-0.39, 0.29) is 17.9 Å². The minimum absolute atomic E-state index is 0.212. The molecule has 0 spiro atoms. The quantitative estimate of drug-likeness (QED) is 0.808. The molecule has 5 heteroatoms. The van der Waals surface area contributed by atoms with Crippen LogP contribution in [0.15, 0.2) is 28.9 Å². The smallest absolute Gasteiger partial charge is 0.249 e. The number of anilines is 1. The monoisotopic (exact) mass is 258 g/mol. The number of imide groups is 1. The van der Waals surface area contributed by atoms with Gasteiger partial charge in [0.05, 0.1) is 5.69 Å². The predicted octanol–water partition coefficient (Wildman–Crippen LogP) is 1.96. The van der Waals surface area contributed by atoms with Gasteiger partial charge >= 0.3 is 0 Å². The predicted molar refractivity (Wildman–Crippen MR) is 70.7 cm³/mol. The van der Waals surface area contributed by atoms with E-state index in [1.54, 1.807) is 6.26 Å². The van der Waals surface area contributed by atoms with Crippen LogP contribution in [0.1, 0.15) is 18.4 Å². The van der Waals surface area contributed by atoms with E-state index in [1.165, 1.54) is 0 Å². The molecule has 0 saturated carbocycles. The molecule has 2 heterocycles. The molecule has 1 saturated heterocycles. The van der Waals surface area contributed by atoms with Gasteiger partial charge < -0.3 is 9.73 Å². The van der Waals surface area contributed by atoms with E-state index >= 15 is 0 Å². The number of hydrogen-bond donors (Lipinski definition) is 2. The van der Waals surface area contributed by atoms with E-state index in [1.807, 2.05) is 25.1 Å². The summed E-state index contributed by atoms with van der Waals surface area (Å²) in [6, 6.07) is 5.51. The summed E-state index contributed by atoms with van der Waals surface area (Å²) in [6.45, 7) is 2.00. The van der Waals surface area contributed by atoms with E-state index in [9.17, 15) is 9.59 Å². The second kappa shape index (κ2) is 4.42. The summed E-state index contributed by atoms with van der Waals surface area (Å²) < 4.78 is 5.47. The van der Waals surface area contributed by atoms with Crippen molar-refractivity contribution in [1.29, 1.82) is 0 Å². The van der Waals surface area contributed by atoms with E-state index in [2.05, 4.69) is 10.6 Å². The summed E-state index contributed by atoms with van der Waals surface area (Å²) in [4.78, 5) is 22.8. The lowest BCUT2D eigenvalue weighted by molar-refractivity contribution is -0.133. The van der Waals surface area contributed by atoms with Crippen LogP contribution >= 0.6 is 0 Å². The Bertz CT molecular complexity index is 660. The second-order valence-corrected chi connectivity index (χ2v) is 4.80. The van der Waals surface area contributed by atoms with E-state index in [0.29, 0.717) is 12.8 Å². The minimum Gasteiger partial charge on any atom is -0.462 e. The summed E-state index contributed by atoms with van der Waals surface area (Å²) in [5.41, 5.74) is 2.69. The Hall–Kier alpha value is -2.30. The van der Waals surface area contributed by atoms with Crippen LogP contribution < -0.4 is 10.6 Å². The number of aryl methyl sites for hydroxylation is 1. The average molecular weight is 258 g/mol. The van der Waals surface area contributed by atoms with Gasteiger partial charge in [-0.05, 0) is 31.0 Å². The first-order valence-electron chi connectivity index (χ1n) is 6.21. The molecule has 1 fully saturated rings. The lowest BCUT2D eigenvalue weighted by atomic mass is 10.1. The molecular formula is C14H14N2O3. The molecule has 1 aromatic carbocycles. The molecule has 98 valence electrons. The molecule has 3 rings (SSSR count). The number of nitrogens with one attached hydrogen (secondary N) is 2. The van der Waals surface area contributed by atoms with Gasteiger partial charge in [-0.2, -0.15) is 0 Å². The molecule has 1 aliphatic heterocycles. The molecule has 0 bridgehead atoms. The Morgan fingerprint density at radius 2 is 2.21 bits per heavy atom. The maximum absolute atomic E-state index is 11.7. The lowest BCUT2D eigenvalue weighted by Gasteiger charge is -2.22. The highest BCUT2D eigenvalue weighted by atomic mass is 16.3. The van der Waals surface area contributed by atoms with Gasteiger partial charge in [-0.1, -0.05) is 6.07 Å². The minimum atomic E-state index is -0.389. The standard InChI is InChI=1S/C14H14N2O3/c1-8-2-3-9-11(7-19-12(9)6-8)15-10-4-5-13(17)16-14(10)18/h2-3,6-7,10,15H,4-5H2,1H3,(H,16,17,18). The molecule has 1 unspecified atom stereocenters. The van der Waals surface area contributed by atoms with Gasteiger partial charge in [0.15, 0.2) is 0 Å². The Balaban J connectivity index is 1.85. The van der Waals surface area contributed by atoms with Crippen LogP contribution in [0.25, 0.3) is 11.0 Å². The molecule has 0 radical (unpaired) electrons. The van der Waals surface area contributed by atoms with Crippen LogP contribution in [0.2, 0.25) is 0 Å². The summed E-state index contributed by atoms with van der Waals surface area (Å²) in [6.07, 6.45) is 2.47. The number of fused-ring (bicyclic) bond motifs is 1. The first-order chi connectivity index (χ1) is 9.13. The number of hydrogen-bond acceptors (Lipinski definition) is 4. The van der Waals surface area contributed by atoms with Gasteiger partial charge in [0.25, 0.3) is 0 Å². The highest BCUT2D eigenvalue weighted by Crippen LogP contribution is 2.27. The topological polar surface area (TPSA) is 71.3 Å². The number of rotatable bonds is 2. The first kappa shape index (κ1) is 11.8. The van der Waals surface area contributed by atoms with Crippen molar-refractivity contribution in [2.45, 2.75) is 25.8 Å². The largest absolute Gasteiger partial charge is 0.462 e.